The predicted octanol–water partition coefficient (Wildman–Crippen LogP) is 3.54. The summed E-state index contributed by atoms with van der Waals surface area (Å²) in [4.78, 5) is 26.8. The molecule has 0 aliphatic rings. The molecule has 0 fully saturated rings. The second-order valence-electron chi connectivity index (χ2n) is 4.68. The van der Waals surface area contributed by atoms with Crippen LogP contribution in [0.2, 0.25) is 0 Å². The summed E-state index contributed by atoms with van der Waals surface area (Å²) >= 11 is 1.50. The number of aryl methyl sites for hydroxylation is 1. The highest BCUT2D eigenvalue weighted by atomic mass is 32.2. The van der Waals surface area contributed by atoms with E-state index in [-0.39, 0.29) is 11.6 Å². The van der Waals surface area contributed by atoms with Gasteiger partial charge in [0.05, 0.1) is 23.5 Å². The molecule has 0 amide bonds. The molecule has 106 valence electrons. The van der Waals surface area contributed by atoms with E-state index in [4.69, 9.17) is 4.42 Å². The molecule has 20 heavy (non-hydrogen) atoms. The lowest BCUT2D eigenvalue weighted by molar-refractivity contribution is 0.101. The first-order valence-corrected chi connectivity index (χ1v) is 7.49. The fourth-order valence-corrected chi connectivity index (χ4v) is 3.07. The molecule has 0 radical (unpaired) electrons. The molecule has 0 saturated carbocycles. The maximum Gasteiger partial charge on any atom is 0.189 e. The smallest absolute Gasteiger partial charge is 0.189 e. The van der Waals surface area contributed by atoms with Gasteiger partial charge in [-0.25, -0.2) is 0 Å². The molecule has 0 aliphatic heterocycles. The maximum absolute atomic E-state index is 12.2. The first-order valence-electron chi connectivity index (χ1n) is 6.34. The van der Waals surface area contributed by atoms with Gasteiger partial charge in [0.25, 0.3) is 0 Å². The van der Waals surface area contributed by atoms with Gasteiger partial charge < -0.3 is 9.40 Å². The van der Waals surface area contributed by atoms with Crippen LogP contribution in [0.1, 0.15) is 44.8 Å². The van der Waals surface area contributed by atoms with E-state index in [0.717, 1.165) is 17.0 Å². The minimum Gasteiger partial charge on any atom is -0.468 e. The number of hydrogen-bond acceptors (Lipinski definition) is 4. The molecule has 0 atom stereocenters. The van der Waals surface area contributed by atoms with Gasteiger partial charge in [-0.3, -0.25) is 9.59 Å². The highest BCUT2D eigenvalue weighted by Crippen LogP contribution is 2.21. The van der Waals surface area contributed by atoms with Gasteiger partial charge in [-0.15, -0.1) is 11.8 Å². The highest BCUT2D eigenvalue weighted by Gasteiger charge is 2.19. The molecular weight excluding hydrogens is 274 g/mol. The lowest BCUT2D eigenvalue weighted by atomic mass is 10.1. The minimum absolute atomic E-state index is 0.00894. The number of furan rings is 1. The van der Waals surface area contributed by atoms with Crippen LogP contribution < -0.4 is 0 Å². The Labute approximate surface area is 121 Å². The van der Waals surface area contributed by atoms with Crippen LogP contribution in [-0.4, -0.2) is 22.3 Å². The summed E-state index contributed by atoms with van der Waals surface area (Å²) in [6.45, 7) is 5.14. The number of nitrogens with one attached hydrogen (secondary N) is 1. The Morgan fingerprint density at radius 3 is 2.65 bits per heavy atom. The number of Topliss-reactive ketones (excluding diaryl/α,β-unsaturated/α-hetero) is 2. The topological polar surface area (TPSA) is 63.1 Å². The van der Waals surface area contributed by atoms with Crippen LogP contribution in [0.5, 0.6) is 0 Å². The Kier molecular flexibility index (Phi) is 4.49. The number of aromatic nitrogens is 1. The Balaban J connectivity index is 2.02. The molecule has 5 heteroatoms. The fourth-order valence-electron chi connectivity index (χ4n) is 2.27. The van der Waals surface area contributed by atoms with E-state index in [0.29, 0.717) is 22.8 Å². The number of aromatic amines is 1. The molecule has 0 spiro atoms. The van der Waals surface area contributed by atoms with E-state index in [1.54, 1.807) is 6.26 Å². The molecule has 0 saturated heterocycles. The molecule has 2 rings (SSSR count). The number of H-pyrrole nitrogens is 1. The van der Waals surface area contributed by atoms with E-state index in [1.807, 2.05) is 26.0 Å². The molecule has 2 heterocycles. The Hall–Kier alpha value is -1.75. The maximum atomic E-state index is 12.2. The molecule has 0 aliphatic carbocycles. The summed E-state index contributed by atoms with van der Waals surface area (Å²) in [6.07, 6.45) is 1.62. The normalized spacial score (nSPS) is 10.8. The zero-order valence-corrected chi connectivity index (χ0v) is 12.6. The third kappa shape index (κ3) is 3.04. The van der Waals surface area contributed by atoms with Crippen molar-refractivity contribution in [3.05, 3.63) is 46.7 Å². The lowest BCUT2D eigenvalue weighted by Gasteiger charge is -2.00. The standard InChI is InChI=1S/C15H17NO3S/c1-9-14(11(3)17)10(2)16-15(9)13(18)8-20-7-12-5-4-6-19-12/h4-6,16H,7-8H2,1-3H3. The van der Waals surface area contributed by atoms with E-state index >= 15 is 0 Å². The summed E-state index contributed by atoms with van der Waals surface area (Å²) < 4.78 is 5.21. The van der Waals surface area contributed by atoms with Gasteiger partial charge in [0.1, 0.15) is 5.76 Å². The fraction of sp³-hybridized carbons (Fsp3) is 0.333. The number of ketones is 2. The van der Waals surface area contributed by atoms with Crippen LogP contribution in [0, 0.1) is 13.8 Å². The summed E-state index contributed by atoms with van der Waals surface area (Å²) in [5.74, 6) is 1.87. The van der Waals surface area contributed by atoms with Gasteiger partial charge in [0.15, 0.2) is 11.6 Å². The average molecular weight is 291 g/mol. The molecule has 0 aromatic carbocycles. The van der Waals surface area contributed by atoms with Crippen molar-refractivity contribution in [2.24, 2.45) is 0 Å². The molecule has 0 bridgehead atoms. The van der Waals surface area contributed by atoms with Gasteiger partial charge in [0, 0.05) is 11.3 Å². The number of carbonyl (C=O) groups excluding carboxylic acids is 2. The molecule has 4 nitrogen and oxygen atoms in total. The first kappa shape index (κ1) is 14.7. The Morgan fingerprint density at radius 2 is 2.10 bits per heavy atom. The molecule has 2 aromatic heterocycles. The van der Waals surface area contributed by atoms with Crippen LogP contribution in [-0.2, 0) is 5.75 Å². The number of thioether (sulfide) groups is 1. The van der Waals surface area contributed by atoms with Crippen molar-refractivity contribution < 1.29 is 14.0 Å². The Bertz CT molecular complexity index is 626. The van der Waals surface area contributed by atoms with Crippen LogP contribution in [0.3, 0.4) is 0 Å². The van der Waals surface area contributed by atoms with Crippen molar-refractivity contribution in [3.63, 3.8) is 0 Å². The zero-order chi connectivity index (χ0) is 14.7. The van der Waals surface area contributed by atoms with Crippen LogP contribution >= 0.6 is 11.8 Å². The van der Waals surface area contributed by atoms with Crippen LogP contribution in [0.25, 0.3) is 0 Å². The molecule has 1 N–H and O–H groups in total. The quantitative estimate of drug-likeness (QED) is 0.827. The third-order valence-electron chi connectivity index (χ3n) is 3.13. The van der Waals surface area contributed by atoms with Crippen molar-refractivity contribution in [1.82, 2.24) is 4.98 Å². The number of carbonyl (C=O) groups is 2. The Morgan fingerprint density at radius 1 is 1.35 bits per heavy atom. The van der Waals surface area contributed by atoms with Gasteiger partial charge in [-0.1, -0.05) is 0 Å². The van der Waals surface area contributed by atoms with Crippen LogP contribution in [0.4, 0.5) is 0 Å². The van der Waals surface area contributed by atoms with Crippen molar-refractivity contribution >= 4 is 23.3 Å². The van der Waals surface area contributed by atoms with Gasteiger partial charge in [-0.2, -0.15) is 0 Å². The van der Waals surface area contributed by atoms with Crippen molar-refractivity contribution in [2.45, 2.75) is 26.5 Å². The summed E-state index contributed by atoms with van der Waals surface area (Å²) in [5.41, 5.74) is 2.68. The average Bonchev–Trinajstić information content (AvgIpc) is 2.97. The zero-order valence-electron chi connectivity index (χ0n) is 11.8. The molecule has 0 unspecified atom stereocenters. The van der Waals surface area contributed by atoms with E-state index in [9.17, 15) is 9.59 Å². The largest absolute Gasteiger partial charge is 0.468 e. The summed E-state index contributed by atoms with van der Waals surface area (Å²) in [5, 5.41) is 0. The lowest BCUT2D eigenvalue weighted by Crippen LogP contribution is -2.05. The number of hydrogen-bond donors (Lipinski definition) is 1. The van der Waals surface area contributed by atoms with Gasteiger partial charge >= 0.3 is 0 Å². The second-order valence-corrected chi connectivity index (χ2v) is 5.66. The van der Waals surface area contributed by atoms with E-state index < -0.39 is 0 Å². The van der Waals surface area contributed by atoms with Crippen molar-refractivity contribution in [1.29, 1.82) is 0 Å². The van der Waals surface area contributed by atoms with E-state index in [2.05, 4.69) is 4.98 Å². The van der Waals surface area contributed by atoms with Gasteiger partial charge in [0.2, 0.25) is 0 Å². The van der Waals surface area contributed by atoms with Crippen molar-refractivity contribution in [2.75, 3.05) is 5.75 Å². The monoisotopic (exact) mass is 291 g/mol. The van der Waals surface area contributed by atoms with E-state index in [1.165, 1.54) is 18.7 Å². The number of rotatable bonds is 6. The van der Waals surface area contributed by atoms with Crippen LogP contribution in [0.15, 0.2) is 22.8 Å². The SMILES string of the molecule is CC(=O)c1c(C)[nH]c(C(=O)CSCc2ccco2)c1C. The second kappa shape index (κ2) is 6.13. The van der Waals surface area contributed by atoms with Crippen molar-refractivity contribution in [3.8, 4) is 0 Å². The molecule has 2 aromatic rings. The highest BCUT2D eigenvalue weighted by molar-refractivity contribution is 7.99. The summed E-state index contributed by atoms with van der Waals surface area (Å²) in [6, 6.07) is 3.71. The predicted molar refractivity (Wildman–Crippen MR) is 79.5 cm³/mol. The van der Waals surface area contributed by atoms with Gasteiger partial charge in [-0.05, 0) is 38.5 Å². The minimum atomic E-state index is -0.0152. The summed E-state index contributed by atoms with van der Waals surface area (Å²) in [7, 11) is 0. The first-order chi connectivity index (χ1) is 9.50. The third-order valence-corrected chi connectivity index (χ3v) is 4.08. The molecular formula is C15H17NO3S.